The van der Waals surface area contributed by atoms with E-state index in [1.54, 1.807) is 6.07 Å². The maximum Gasteiger partial charge on any atom is 0.125 e. The molecule has 1 aromatic rings. The molecule has 2 aliphatic carbocycles. The highest BCUT2D eigenvalue weighted by Crippen LogP contribution is 2.55. The second kappa shape index (κ2) is 4.70. The summed E-state index contributed by atoms with van der Waals surface area (Å²) in [7, 11) is 0. The second-order valence-corrected chi connectivity index (χ2v) is 7.48. The third-order valence-corrected chi connectivity index (χ3v) is 6.18. The first-order valence-corrected chi connectivity index (χ1v) is 8.34. The van der Waals surface area contributed by atoms with E-state index in [0.717, 1.165) is 30.6 Å². The lowest BCUT2D eigenvalue weighted by Gasteiger charge is -2.48. The molecule has 2 nitrogen and oxygen atoms in total. The monoisotopic (exact) mass is 289 g/mol. The van der Waals surface area contributed by atoms with E-state index < -0.39 is 0 Å². The summed E-state index contributed by atoms with van der Waals surface area (Å²) >= 11 is 0. The molecule has 21 heavy (non-hydrogen) atoms. The third kappa shape index (κ3) is 2.26. The molecule has 1 heterocycles. The first-order valence-electron chi connectivity index (χ1n) is 8.34. The van der Waals surface area contributed by atoms with Gasteiger partial charge in [-0.25, -0.2) is 4.39 Å². The average molecular weight is 289 g/mol. The largest absolute Gasteiger partial charge is 0.487 e. The first-order chi connectivity index (χ1) is 10.1. The normalized spacial score (nSPS) is 29.3. The number of nitrogens with two attached hydrogens (primary N) is 1. The summed E-state index contributed by atoms with van der Waals surface area (Å²) in [6.07, 6.45) is 11.2. The summed E-state index contributed by atoms with van der Waals surface area (Å²) in [5.74, 6) is 0.579. The molecular formula is C18H24FNO. The van der Waals surface area contributed by atoms with Crippen molar-refractivity contribution >= 4 is 0 Å². The third-order valence-electron chi connectivity index (χ3n) is 6.18. The van der Waals surface area contributed by atoms with Crippen LogP contribution in [-0.4, -0.2) is 5.60 Å². The predicted octanol–water partition coefficient (Wildman–Crippen LogP) is 4.48. The van der Waals surface area contributed by atoms with Crippen molar-refractivity contribution in [3.05, 3.63) is 29.6 Å². The Kier molecular flexibility index (Phi) is 3.04. The zero-order valence-corrected chi connectivity index (χ0v) is 12.5. The van der Waals surface area contributed by atoms with E-state index in [0.29, 0.717) is 5.41 Å². The second-order valence-electron chi connectivity index (χ2n) is 7.48. The van der Waals surface area contributed by atoms with Crippen molar-refractivity contribution < 1.29 is 9.13 Å². The molecule has 0 saturated heterocycles. The molecular weight excluding hydrogens is 265 g/mol. The molecule has 1 aromatic carbocycles. The van der Waals surface area contributed by atoms with Gasteiger partial charge in [0.05, 0.1) is 0 Å². The number of rotatable bonds is 0. The lowest BCUT2D eigenvalue weighted by Crippen LogP contribution is -2.47. The molecule has 3 heteroatoms. The number of benzene rings is 1. The van der Waals surface area contributed by atoms with Crippen LogP contribution in [0.15, 0.2) is 18.2 Å². The Morgan fingerprint density at radius 2 is 1.76 bits per heavy atom. The summed E-state index contributed by atoms with van der Waals surface area (Å²) in [4.78, 5) is 0. The van der Waals surface area contributed by atoms with Gasteiger partial charge in [0.2, 0.25) is 0 Å². The maximum atomic E-state index is 13.4. The number of halogens is 1. The van der Waals surface area contributed by atoms with Crippen molar-refractivity contribution in [3.8, 4) is 5.75 Å². The molecule has 0 aromatic heterocycles. The van der Waals surface area contributed by atoms with Crippen LogP contribution in [0.2, 0.25) is 0 Å². The van der Waals surface area contributed by atoms with Gasteiger partial charge in [-0.2, -0.15) is 0 Å². The predicted molar refractivity (Wildman–Crippen MR) is 80.7 cm³/mol. The zero-order chi connectivity index (χ0) is 14.5. The fourth-order valence-electron chi connectivity index (χ4n) is 4.85. The quantitative estimate of drug-likeness (QED) is 0.764. The van der Waals surface area contributed by atoms with Gasteiger partial charge in [0.1, 0.15) is 17.2 Å². The fraction of sp³-hybridized carbons (Fsp3) is 0.667. The Bertz CT molecular complexity index is 540. The Balaban J connectivity index is 1.56. The Labute approximate surface area is 125 Å². The van der Waals surface area contributed by atoms with Crippen molar-refractivity contribution in [2.45, 2.75) is 69.4 Å². The van der Waals surface area contributed by atoms with Crippen molar-refractivity contribution in [2.24, 2.45) is 11.1 Å². The lowest BCUT2D eigenvalue weighted by molar-refractivity contribution is -0.0328. The van der Waals surface area contributed by atoms with Gasteiger partial charge in [-0.15, -0.1) is 0 Å². The summed E-state index contributed by atoms with van der Waals surface area (Å²) < 4.78 is 19.7. The van der Waals surface area contributed by atoms with Crippen LogP contribution in [0.1, 0.15) is 69.4 Å². The van der Waals surface area contributed by atoms with Crippen LogP contribution >= 0.6 is 0 Å². The molecule has 0 radical (unpaired) electrons. The minimum absolute atomic E-state index is 0.0953. The smallest absolute Gasteiger partial charge is 0.125 e. The molecule has 114 valence electrons. The van der Waals surface area contributed by atoms with Crippen LogP contribution in [0.25, 0.3) is 0 Å². The molecule has 4 rings (SSSR count). The van der Waals surface area contributed by atoms with Gasteiger partial charge in [0.25, 0.3) is 0 Å². The minimum Gasteiger partial charge on any atom is -0.487 e. The van der Waals surface area contributed by atoms with Crippen LogP contribution in [0.5, 0.6) is 5.75 Å². The van der Waals surface area contributed by atoms with Crippen LogP contribution < -0.4 is 10.5 Å². The molecule has 0 amide bonds. The molecule has 1 atom stereocenters. The highest BCUT2D eigenvalue weighted by atomic mass is 19.1. The zero-order valence-electron chi connectivity index (χ0n) is 12.5. The van der Waals surface area contributed by atoms with Crippen molar-refractivity contribution in [1.29, 1.82) is 0 Å². The van der Waals surface area contributed by atoms with E-state index in [1.807, 2.05) is 0 Å². The van der Waals surface area contributed by atoms with E-state index in [2.05, 4.69) is 0 Å². The van der Waals surface area contributed by atoms with Gasteiger partial charge >= 0.3 is 0 Å². The minimum atomic E-state index is -0.225. The number of hydrogen-bond donors (Lipinski definition) is 1. The Morgan fingerprint density at radius 1 is 1.05 bits per heavy atom. The number of hydrogen-bond acceptors (Lipinski definition) is 2. The summed E-state index contributed by atoms with van der Waals surface area (Å²) in [5, 5.41) is 0. The van der Waals surface area contributed by atoms with Crippen LogP contribution in [0, 0.1) is 11.2 Å². The first kappa shape index (κ1) is 13.6. The average Bonchev–Trinajstić information content (AvgIpc) is 2.93. The van der Waals surface area contributed by atoms with Crippen LogP contribution in [-0.2, 0) is 0 Å². The van der Waals surface area contributed by atoms with E-state index in [-0.39, 0.29) is 17.5 Å². The molecule has 2 fully saturated rings. The molecule has 2 saturated carbocycles. The molecule has 0 bridgehead atoms. The molecule has 1 aliphatic heterocycles. The van der Waals surface area contributed by atoms with Gasteiger partial charge in [-0.05, 0) is 62.1 Å². The van der Waals surface area contributed by atoms with E-state index >= 15 is 0 Å². The van der Waals surface area contributed by atoms with Crippen molar-refractivity contribution in [1.82, 2.24) is 0 Å². The number of fused-ring (bicyclic) bond motifs is 1. The van der Waals surface area contributed by atoms with Gasteiger partial charge in [-0.3, -0.25) is 0 Å². The van der Waals surface area contributed by atoms with Gasteiger partial charge < -0.3 is 10.5 Å². The summed E-state index contributed by atoms with van der Waals surface area (Å²) in [5.41, 5.74) is 7.65. The highest BCUT2D eigenvalue weighted by Gasteiger charge is 2.47. The Hall–Kier alpha value is -1.09. The molecule has 2 N–H and O–H groups in total. The fourth-order valence-corrected chi connectivity index (χ4v) is 4.85. The molecule has 3 aliphatic rings. The van der Waals surface area contributed by atoms with Gasteiger partial charge in [-0.1, -0.05) is 12.8 Å². The van der Waals surface area contributed by atoms with Gasteiger partial charge in [0.15, 0.2) is 0 Å². The topological polar surface area (TPSA) is 35.2 Å². The highest BCUT2D eigenvalue weighted by molar-refractivity contribution is 5.39. The molecule has 2 spiro atoms. The van der Waals surface area contributed by atoms with E-state index in [9.17, 15) is 4.39 Å². The summed E-state index contributed by atoms with van der Waals surface area (Å²) in [6, 6.07) is 4.67. The standard InChI is InChI=1S/C18H24FNO/c19-13-3-4-16-14(11-13)15(20)12-18(21-16)9-7-17(8-10-18)5-1-2-6-17/h3-4,11,15H,1-2,5-10,12,20H2/t15-/m1/s1. The van der Waals surface area contributed by atoms with Crippen LogP contribution in [0.4, 0.5) is 4.39 Å². The molecule has 0 unspecified atom stereocenters. The lowest BCUT2D eigenvalue weighted by atomic mass is 9.65. The summed E-state index contributed by atoms with van der Waals surface area (Å²) in [6.45, 7) is 0. The van der Waals surface area contributed by atoms with Crippen molar-refractivity contribution in [3.63, 3.8) is 0 Å². The number of ether oxygens (including phenoxy) is 1. The van der Waals surface area contributed by atoms with Crippen molar-refractivity contribution in [2.75, 3.05) is 0 Å². The van der Waals surface area contributed by atoms with E-state index in [4.69, 9.17) is 10.5 Å². The van der Waals surface area contributed by atoms with Crippen LogP contribution in [0.3, 0.4) is 0 Å². The SMILES string of the molecule is N[C@@H]1CC2(CCC3(CCCC3)CC2)Oc2ccc(F)cc21. The van der Waals surface area contributed by atoms with Gasteiger partial charge in [0, 0.05) is 18.0 Å². The van der Waals surface area contributed by atoms with E-state index in [1.165, 1.54) is 50.7 Å². The Morgan fingerprint density at radius 3 is 2.48 bits per heavy atom. The maximum absolute atomic E-state index is 13.4.